The number of rotatable bonds is 1. The predicted molar refractivity (Wildman–Crippen MR) is 54.2 cm³/mol. The highest BCUT2D eigenvalue weighted by atomic mass is 79.9. The smallest absolute Gasteiger partial charge is 0.151 e. The van der Waals surface area contributed by atoms with Crippen LogP contribution in [0.15, 0.2) is 4.60 Å². The number of aromatic nitrogens is 3. The molecular weight excluding hydrogens is 218 g/mol. The first-order chi connectivity index (χ1) is 5.61. The molecule has 0 fully saturated rings. The molecule has 0 aliphatic carbocycles. The second kappa shape index (κ2) is 5.30. The number of nitrogens with zero attached hydrogens (tertiary/aromatic N) is 3. The fraction of sp³-hybridized carbons (Fsp3) is 0.750. The molecule has 0 aromatic carbocycles. The lowest BCUT2D eigenvalue weighted by Crippen LogP contribution is -2.04. The molecule has 12 heavy (non-hydrogen) atoms. The van der Waals surface area contributed by atoms with E-state index < -0.39 is 0 Å². The predicted octanol–water partition coefficient (Wildman–Crippen LogP) is 2.96. The zero-order valence-electron chi connectivity index (χ0n) is 8.30. The van der Waals surface area contributed by atoms with Crippen molar-refractivity contribution in [1.82, 2.24) is 15.0 Å². The van der Waals surface area contributed by atoms with Gasteiger partial charge in [0.05, 0.1) is 11.7 Å². The van der Waals surface area contributed by atoms with Crippen LogP contribution in [0.3, 0.4) is 0 Å². The molecule has 1 aromatic rings. The monoisotopic (exact) mass is 233 g/mol. The molecule has 0 amide bonds. The van der Waals surface area contributed by atoms with Gasteiger partial charge in [-0.1, -0.05) is 13.8 Å². The molecule has 70 valence electrons. The Bertz CT molecular complexity index is 211. The number of aryl methyl sites for hydroxylation is 1. The standard InChI is InChI=1S/C6H10BrN3.C2H6/c1-4(2)10-8-5(3)6(7)9-10;1-2/h4H,1-3H3;1-2H3. The van der Waals surface area contributed by atoms with Crippen molar-refractivity contribution >= 4 is 15.9 Å². The average molecular weight is 234 g/mol. The van der Waals surface area contributed by atoms with Crippen LogP contribution in [0.5, 0.6) is 0 Å². The highest BCUT2D eigenvalue weighted by Crippen LogP contribution is 2.11. The molecule has 0 saturated carbocycles. The minimum atomic E-state index is 0.338. The number of hydrogen-bond donors (Lipinski definition) is 0. The van der Waals surface area contributed by atoms with Crippen molar-refractivity contribution in [3.05, 3.63) is 10.3 Å². The Kier molecular flexibility index (Phi) is 5.13. The van der Waals surface area contributed by atoms with E-state index in [2.05, 4.69) is 26.1 Å². The van der Waals surface area contributed by atoms with Gasteiger partial charge >= 0.3 is 0 Å². The van der Waals surface area contributed by atoms with Crippen LogP contribution >= 0.6 is 15.9 Å². The second-order valence-corrected chi connectivity index (χ2v) is 3.24. The number of hydrogen-bond acceptors (Lipinski definition) is 2. The molecule has 0 unspecified atom stereocenters. The molecule has 1 heterocycles. The van der Waals surface area contributed by atoms with E-state index in [0.717, 1.165) is 10.3 Å². The van der Waals surface area contributed by atoms with Gasteiger partial charge in [0.25, 0.3) is 0 Å². The van der Waals surface area contributed by atoms with Gasteiger partial charge in [0.15, 0.2) is 4.60 Å². The quantitative estimate of drug-likeness (QED) is 0.747. The Labute approximate surface area is 82.3 Å². The lowest BCUT2D eigenvalue weighted by Gasteiger charge is -1.99. The summed E-state index contributed by atoms with van der Waals surface area (Å²) < 4.78 is 0.834. The zero-order chi connectivity index (χ0) is 9.72. The molecule has 0 N–H and O–H groups in total. The third-order valence-corrected chi connectivity index (χ3v) is 1.94. The van der Waals surface area contributed by atoms with E-state index in [1.807, 2.05) is 34.6 Å². The summed E-state index contributed by atoms with van der Waals surface area (Å²) in [6.07, 6.45) is 0. The fourth-order valence-electron chi connectivity index (χ4n) is 0.611. The normalized spacial score (nSPS) is 9.58. The lowest BCUT2D eigenvalue weighted by molar-refractivity contribution is 0.463. The molecule has 1 rings (SSSR count). The van der Waals surface area contributed by atoms with Crippen LogP contribution in [0.2, 0.25) is 0 Å². The first-order valence-corrected chi connectivity index (χ1v) is 4.99. The van der Waals surface area contributed by atoms with E-state index in [0.29, 0.717) is 6.04 Å². The zero-order valence-corrected chi connectivity index (χ0v) is 9.88. The van der Waals surface area contributed by atoms with Crippen LogP contribution in [0.1, 0.15) is 39.4 Å². The van der Waals surface area contributed by atoms with Crippen LogP contribution in [0.4, 0.5) is 0 Å². The van der Waals surface area contributed by atoms with E-state index in [4.69, 9.17) is 0 Å². The summed E-state index contributed by atoms with van der Waals surface area (Å²) >= 11 is 3.29. The Morgan fingerprint density at radius 3 is 1.92 bits per heavy atom. The van der Waals surface area contributed by atoms with Crippen molar-refractivity contribution in [2.24, 2.45) is 0 Å². The highest BCUT2D eigenvalue weighted by Gasteiger charge is 2.04. The Balaban J connectivity index is 0.000000561. The summed E-state index contributed by atoms with van der Waals surface area (Å²) in [4.78, 5) is 1.69. The van der Waals surface area contributed by atoms with Crippen LogP contribution < -0.4 is 0 Å². The van der Waals surface area contributed by atoms with Crippen LogP contribution in [-0.4, -0.2) is 15.0 Å². The van der Waals surface area contributed by atoms with Crippen molar-refractivity contribution in [3.63, 3.8) is 0 Å². The van der Waals surface area contributed by atoms with Gasteiger partial charge in [-0.15, -0.1) is 5.10 Å². The van der Waals surface area contributed by atoms with Crippen molar-refractivity contribution in [1.29, 1.82) is 0 Å². The Morgan fingerprint density at radius 1 is 1.25 bits per heavy atom. The average Bonchev–Trinajstić information content (AvgIpc) is 2.36. The van der Waals surface area contributed by atoms with E-state index in [-0.39, 0.29) is 0 Å². The molecule has 1 aromatic heterocycles. The van der Waals surface area contributed by atoms with Gasteiger partial charge in [0.1, 0.15) is 0 Å². The van der Waals surface area contributed by atoms with Gasteiger partial charge in [0.2, 0.25) is 0 Å². The van der Waals surface area contributed by atoms with Gasteiger partial charge < -0.3 is 0 Å². The van der Waals surface area contributed by atoms with Crippen molar-refractivity contribution in [2.75, 3.05) is 0 Å². The molecule has 0 radical (unpaired) electrons. The summed E-state index contributed by atoms with van der Waals surface area (Å²) in [5, 5.41) is 8.30. The molecule has 0 atom stereocenters. The first-order valence-electron chi connectivity index (χ1n) is 4.20. The summed E-state index contributed by atoms with van der Waals surface area (Å²) in [7, 11) is 0. The largest absolute Gasteiger partial charge is 0.181 e. The van der Waals surface area contributed by atoms with E-state index in [9.17, 15) is 0 Å². The Hall–Kier alpha value is -0.380. The molecule has 0 saturated heterocycles. The van der Waals surface area contributed by atoms with Gasteiger partial charge in [-0.25, -0.2) is 0 Å². The molecular formula is C8H16BrN3. The summed E-state index contributed by atoms with van der Waals surface area (Å²) in [5.74, 6) is 0. The summed E-state index contributed by atoms with van der Waals surface area (Å²) in [5.41, 5.74) is 0.939. The molecule has 4 heteroatoms. The van der Waals surface area contributed by atoms with Gasteiger partial charge in [-0.3, -0.25) is 0 Å². The fourth-order valence-corrected chi connectivity index (χ4v) is 0.852. The van der Waals surface area contributed by atoms with Crippen molar-refractivity contribution in [2.45, 2.75) is 40.7 Å². The molecule has 3 nitrogen and oxygen atoms in total. The first kappa shape index (κ1) is 11.6. The topological polar surface area (TPSA) is 30.7 Å². The van der Waals surface area contributed by atoms with E-state index >= 15 is 0 Å². The molecule has 0 aliphatic rings. The number of halogens is 1. The maximum atomic E-state index is 4.17. The minimum Gasteiger partial charge on any atom is -0.181 e. The summed E-state index contributed by atoms with van der Waals surface area (Å²) in [6, 6.07) is 0.338. The van der Waals surface area contributed by atoms with Gasteiger partial charge in [0, 0.05) is 0 Å². The SMILES string of the molecule is CC.Cc1nn(C(C)C)nc1Br. The molecule has 0 bridgehead atoms. The van der Waals surface area contributed by atoms with Crippen LogP contribution in [0, 0.1) is 6.92 Å². The molecule has 0 aliphatic heterocycles. The van der Waals surface area contributed by atoms with Gasteiger partial charge in [-0.05, 0) is 36.7 Å². The second-order valence-electron chi connectivity index (χ2n) is 2.49. The minimum absolute atomic E-state index is 0.338. The highest BCUT2D eigenvalue weighted by molar-refractivity contribution is 9.10. The third-order valence-electron chi connectivity index (χ3n) is 1.20. The maximum Gasteiger partial charge on any atom is 0.151 e. The van der Waals surface area contributed by atoms with E-state index in [1.54, 1.807) is 4.80 Å². The lowest BCUT2D eigenvalue weighted by atomic mass is 10.4. The maximum absolute atomic E-state index is 4.17. The third kappa shape index (κ3) is 2.93. The van der Waals surface area contributed by atoms with Crippen LogP contribution in [-0.2, 0) is 0 Å². The summed E-state index contributed by atoms with van der Waals surface area (Å²) in [6.45, 7) is 10.0. The van der Waals surface area contributed by atoms with E-state index in [1.165, 1.54) is 0 Å². The Morgan fingerprint density at radius 2 is 1.75 bits per heavy atom. The van der Waals surface area contributed by atoms with Crippen molar-refractivity contribution in [3.8, 4) is 0 Å². The van der Waals surface area contributed by atoms with Gasteiger partial charge in [-0.2, -0.15) is 9.90 Å². The van der Waals surface area contributed by atoms with Crippen LogP contribution in [0.25, 0.3) is 0 Å². The molecule has 0 spiro atoms. The van der Waals surface area contributed by atoms with Crippen molar-refractivity contribution < 1.29 is 0 Å².